The van der Waals surface area contributed by atoms with E-state index in [1.54, 1.807) is 18.2 Å². The molecule has 0 radical (unpaired) electrons. The van der Waals surface area contributed by atoms with Gasteiger partial charge in [-0.25, -0.2) is 0 Å². The largest absolute Gasteiger partial charge is 0.324 e. The fourth-order valence-electron chi connectivity index (χ4n) is 2.99. The van der Waals surface area contributed by atoms with Crippen molar-refractivity contribution in [3.05, 3.63) is 94.0 Å². The molecule has 0 aliphatic heterocycles. The Labute approximate surface area is 169 Å². The van der Waals surface area contributed by atoms with E-state index in [0.29, 0.717) is 16.3 Å². The minimum absolute atomic E-state index is 0.194. The van der Waals surface area contributed by atoms with E-state index >= 15 is 0 Å². The molecular weight excluding hydrogens is 372 g/mol. The monoisotopic (exact) mass is 392 g/mol. The Hall–Kier alpha value is -3.11. The highest BCUT2D eigenvalue weighted by atomic mass is 35.5. The van der Waals surface area contributed by atoms with Crippen LogP contribution in [0.15, 0.2) is 66.7 Å². The van der Waals surface area contributed by atoms with Gasteiger partial charge in [0.1, 0.15) is 0 Å². The molecule has 0 aromatic heterocycles. The minimum atomic E-state index is -0.264. The predicted octanol–water partition coefficient (Wildman–Crippen LogP) is 5.39. The van der Waals surface area contributed by atoms with Crippen LogP contribution in [0, 0.1) is 13.8 Å². The predicted molar refractivity (Wildman–Crippen MR) is 114 cm³/mol. The summed E-state index contributed by atoms with van der Waals surface area (Å²) in [4.78, 5) is 24.9. The molecule has 0 saturated heterocycles. The molecule has 5 heteroatoms. The van der Waals surface area contributed by atoms with Crippen LogP contribution in [0.4, 0.5) is 11.4 Å². The van der Waals surface area contributed by atoms with Gasteiger partial charge in [0.15, 0.2) is 0 Å². The molecule has 3 aromatic rings. The van der Waals surface area contributed by atoms with Gasteiger partial charge in [-0.2, -0.15) is 0 Å². The number of nitrogens with one attached hydrogen (secondary N) is 2. The number of carbonyl (C=O) groups excluding carboxylic acids is 2. The third kappa shape index (κ3) is 5.21. The fourth-order valence-corrected chi connectivity index (χ4v) is 3.15. The summed E-state index contributed by atoms with van der Waals surface area (Å²) in [5.41, 5.74) is 4.60. The number of rotatable bonds is 5. The van der Waals surface area contributed by atoms with Crippen LogP contribution < -0.4 is 10.6 Å². The van der Waals surface area contributed by atoms with E-state index in [-0.39, 0.29) is 18.2 Å². The van der Waals surface area contributed by atoms with E-state index in [2.05, 4.69) is 10.6 Å². The van der Waals surface area contributed by atoms with Crippen molar-refractivity contribution in [2.75, 3.05) is 10.6 Å². The molecule has 2 amide bonds. The molecule has 0 bridgehead atoms. The average molecular weight is 393 g/mol. The van der Waals surface area contributed by atoms with Crippen LogP contribution in [-0.2, 0) is 11.2 Å². The van der Waals surface area contributed by atoms with E-state index < -0.39 is 0 Å². The van der Waals surface area contributed by atoms with Gasteiger partial charge in [-0.1, -0.05) is 48.0 Å². The third-order valence-electron chi connectivity index (χ3n) is 4.19. The van der Waals surface area contributed by atoms with Crippen molar-refractivity contribution in [1.29, 1.82) is 0 Å². The summed E-state index contributed by atoms with van der Waals surface area (Å²) in [5, 5.41) is 6.05. The quantitative estimate of drug-likeness (QED) is 0.611. The first-order valence-corrected chi connectivity index (χ1v) is 9.31. The zero-order valence-electron chi connectivity index (χ0n) is 15.8. The number of anilines is 2. The molecule has 0 unspecified atom stereocenters. The number of halogens is 1. The molecule has 3 rings (SSSR count). The topological polar surface area (TPSA) is 58.2 Å². The Balaban J connectivity index is 1.73. The van der Waals surface area contributed by atoms with Crippen molar-refractivity contribution >= 4 is 34.8 Å². The van der Waals surface area contributed by atoms with Gasteiger partial charge in [-0.15, -0.1) is 0 Å². The van der Waals surface area contributed by atoms with Crippen molar-refractivity contribution in [3.63, 3.8) is 0 Å². The van der Waals surface area contributed by atoms with Crippen LogP contribution in [-0.4, -0.2) is 11.8 Å². The molecule has 0 spiro atoms. The van der Waals surface area contributed by atoms with Crippen molar-refractivity contribution in [2.24, 2.45) is 0 Å². The van der Waals surface area contributed by atoms with Gasteiger partial charge in [0.2, 0.25) is 5.91 Å². The first kappa shape index (κ1) is 19.6. The summed E-state index contributed by atoms with van der Waals surface area (Å²) in [6, 6.07) is 20.1. The van der Waals surface area contributed by atoms with Gasteiger partial charge in [-0.05, 0) is 60.9 Å². The highest BCUT2D eigenvalue weighted by Gasteiger charge is 2.12. The number of benzene rings is 3. The van der Waals surface area contributed by atoms with Crippen LogP contribution in [0.2, 0.25) is 5.02 Å². The molecule has 3 aromatic carbocycles. The Bertz CT molecular complexity index is 996. The van der Waals surface area contributed by atoms with Crippen LogP contribution >= 0.6 is 11.6 Å². The van der Waals surface area contributed by atoms with Crippen LogP contribution in [0.25, 0.3) is 0 Å². The van der Waals surface area contributed by atoms with E-state index in [0.717, 1.165) is 22.4 Å². The van der Waals surface area contributed by atoms with Crippen molar-refractivity contribution in [3.8, 4) is 0 Å². The summed E-state index contributed by atoms with van der Waals surface area (Å²) >= 11 is 6.20. The fraction of sp³-hybridized carbons (Fsp3) is 0.130. The maximum Gasteiger partial charge on any atom is 0.255 e. The second-order valence-electron chi connectivity index (χ2n) is 6.74. The first-order valence-electron chi connectivity index (χ1n) is 8.94. The molecule has 0 fully saturated rings. The molecule has 0 aliphatic rings. The average Bonchev–Trinajstić information content (AvgIpc) is 2.63. The lowest BCUT2D eigenvalue weighted by Crippen LogP contribution is -2.16. The Kier molecular flexibility index (Phi) is 6.12. The molecule has 28 heavy (non-hydrogen) atoms. The molecule has 4 nitrogen and oxygen atoms in total. The molecule has 142 valence electrons. The molecular formula is C23H21ClN2O2. The number of amides is 2. The zero-order chi connectivity index (χ0) is 20.1. The minimum Gasteiger partial charge on any atom is -0.324 e. The first-order chi connectivity index (χ1) is 13.4. The van der Waals surface area contributed by atoms with Crippen LogP contribution in [0.3, 0.4) is 0 Å². The van der Waals surface area contributed by atoms with Crippen molar-refractivity contribution in [1.82, 2.24) is 0 Å². The van der Waals surface area contributed by atoms with Crippen LogP contribution in [0.1, 0.15) is 27.0 Å². The second kappa shape index (κ2) is 8.72. The summed E-state index contributed by atoms with van der Waals surface area (Å²) in [7, 11) is 0. The third-order valence-corrected chi connectivity index (χ3v) is 4.52. The number of hydrogen-bond acceptors (Lipinski definition) is 2. The van der Waals surface area contributed by atoms with Gasteiger partial charge in [0, 0.05) is 11.3 Å². The normalized spacial score (nSPS) is 10.4. The zero-order valence-corrected chi connectivity index (χ0v) is 16.5. The van der Waals surface area contributed by atoms with E-state index in [1.165, 1.54) is 0 Å². The van der Waals surface area contributed by atoms with E-state index in [1.807, 2.05) is 62.4 Å². The summed E-state index contributed by atoms with van der Waals surface area (Å²) in [6.07, 6.45) is 0.232. The lowest BCUT2D eigenvalue weighted by Gasteiger charge is -2.11. The van der Waals surface area contributed by atoms with Gasteiger partial charge in [0.05, 0.1) is 17.1 Å². The van der Waals surface area contributed by atoms with Gasteiger partial charge in [-0.3, -0.25) is 9.59 Å². The second-order valence-corrected chi connectivity index (χ2v) is 7.14. The molecule has 0 aliphatic carbocycles. The molecule has 0 atom stereocenters. The number of carbonyl (C=O) groups is 2. The van der Waals surface area contributed by atoms with Crippen molar-refractivity contribution in [2.45, 2.75) is 20.3 Å². The Morgan fingerprint density at radius 1 is 0.857 bits per heavy atom. The number of aryl methyl sites for hydroxylation is 2. The molecule has 0 saturated carbocycles. The van der Waals surface area contributed by atoms with Crippen molar-refractivity contribution < 1.29 is 9.59 Å². The smallest absolute Gasteiger partial charge is 0.255 e. The number of hydrogen-bond donors (Lipinski definition) is 2. The standard InChI is InChI=1S/C23H21ClN2O2/c1-15-10-16(2)12-19(11-15)25-23(28)18-8-9-20(24)21(14-18)26-22(27)13-17-6-4-3-5-7-17/h3-12,14H,13H2,1-2H3,(H,25,28)(H,26,27). The highest BCUT2D eigenvalue weighted by molar-refractivity contribution is 6.34. The van der Waals surface area contributed by atoms with Gasteiger partial charge < -0.3 is 10.6 Å². The maximum absolute atomic E-state index is 12.6. The van der Waals surface area contributed by atoms with E-state index in [4.69, 9.17) is 11.6 Å². The molecule has 2 N–H and O–H groups in total. The Morgan fingerprint density at radius 2 is 1.54 bits per heavy atom. The summed E-state index contributed by atoms with van der Waals surface area (Å²) < 4.78 is 0. The maximum atomic E-state index is 12.6. The lowest BCUT2D eigenvalue weighted by atomic mass is 10.1. The SMILES string of the molecule is Cc1cc(C)cc(NC(=O)c2ccc(Cl)c(NC(=O)Cc3ccccc3)c2)c1. The van der Waals surface area contributed by atoms with Gasteiger partial charge >= 0.3 is 0 Å². The Morgan fingerprint density at radius 3 is 2.21 bits per heavy atom. The lowest BCUT2D eigenvalue weighted by molar-refractivity contribution is -0.115. The summed E-state index contributed by atoms with van der Waals surface area (Å²) in [5.74, 6) is -0.458. The summed E-state index contributed by atoms with van der Waals surface area (Å²) in [6.45, 7) is 3.95. The van der Waals surface area contributed by atoms with Gasteiger partial charge in [0.25, 0.3) is 5.91 Å². The molecule has 0 heterocycles. The highest BCUT2D eigenvalue weighted by Crippen LogP contribution is 2.24. The van der Waals surface area contributed by atoms with E-state index in [9.17, 15) is 9.59 Å². The van der Waals surface area contributed by atoms with Crippen LogP contribution in [0.5, 0.6) is 0 Å².